The van der Waals surface area contributed by atoms with E-state index in [-0.39, 0.29) is 12.1 Å². The summed E-state index contributed by atoms with van der Waals surface area (Å²) in [5.41, 5.74) is 1.95. The van der Waals surface area contributed by atoms with Crippen molar-refractivity contribution in [1.29, 1.82) is 0 Å². The van der Waals surface area contributed by atoms with Crippen molar-refractivity contribution in [2.75, 3.05) is 11.9 Å². The van der Waals surface area contributed by atoms with Crippen LogP contribution in [0.2, 0.25) is 0 Å². The Balaban J connectivity index is 2.36. The number of aryl methyl sites for hydroxylation is 1. The second-order valence-corrected chi connectivity index (χ2v) is 6.38. The highest BCUT2D eigenvalue weighted by atomic mass is 16.6. The van der Waals surface area contributed by atoms with E-state index < -0.39 is 5.60 Å². The van der Waals surface area contributed by atoms with Crippen LogP contribution in [0.4, 0.5) is 10.5 Å². The van der Waals surface area contributed by atoms with Gasteiger partial charge in [-0.1, -0.05) is 25.5 Å². The summed E-state index contributed by atoms with van der Waals surface area (Å²) in [7, 11) is 0. The lowest BCUT2D eigenvalue weighted by Gasteiger charge is -2.21. The molecule has 4 nitrogen and oxygen atoms in total. The van der Waals surface area contributed by atoms with E-state index in [0.717, 1.165) is 18.5 Å². The van der Waals surface area contributed by atoms with Crippen LogP contribution in [0, 0.1) is 0 Å². The molecule has 0 aliphatic rings. The Morgan fingerprint density at radius 3 is 2.38 bits per heavy atom. The zero-order valence-electron chi connectivity index (χ0n) is 13.8. The summed E-state index contributed by atoms with van der Waals surface area (Å²) in [6.07, 6.45) is 1.88. The zero-order chi connectivity index (χ0) is 15.9. The molecular weight excluding hydrogens is 264 g/mol. The number of carbonyl (C=O) groups is 1. The maximum atomic E-state index is 11.6. The lowest BCUT2D eigenvalue weighted by Crippen LogP contribution is -2.38. The van der Waals surface area contributed by atoms with E-state index >= 15 is 0 Å². The van der Waals surface area contributed by atoms with Crippen LogP contribution in [0.25, 0.3) is 0 Å². The molecule has 118 valence electrons. The normalized spacial score (nSPS) is 12.6. The van der Waals surface area contributed by atoms with E-state index in [1.807, 2.05) is 27.7 Å². The van der Waals surface area contributed by atoms with Gasteiger partial charge in [-0.05, 0) is 51.8 Å². The number of anilines is 1. The average molecular weight is 292 g/mol. The van der Waals surface area contributed by atoms with Crippen molar-refractivity contribution in [2.24, 2.45) is 0 Å². The van der Waals surface area contributed by atoms with E-state index in [0.29, 0.717) is 6.54 Å². The minimum atomic E-state index is -0.462. The molecule has 1 unspecified atom stereocenters. The van der Waals surface area contributed by atoms with Gasteiger partial charge in [0.2, 0.25) is 0 Å². The fraction of sp³-hybridized carbons (Fsp3) is 0.588. The molecule has 1 aromatic rings. The molecule has 0 heterocycles. The van der Waals surface area contributed by atoms with Crippen LogP contribution in [0.15, 0.2) is 24.3 Å². The Bertz CT molecular complexity index is 435. The summed E-state index contributed by atoms with van der Waals surface area (Å²) in [5, 5.41) is 6.13. The molecule has 0 saturated heterocycles. The SMILES string of the molecule is CCCc1ccc(NC(C)CNC(=O)OC(C)(C)C)cc1. The first-order valence-electron chi connectivity index (χ1n) is 7.62. The number of hydrogen-bond donors (Lipinski definition) is 2. The van der Waals surface area contributed by atoms with Gasteiger partial charge in [0.15, 0.2) is 0 Å². The third-order valence-electron chi connectivity index (χ3n) is 2.86. The summed E-state index contributed by atoms with van der Waals surface area (Å²) in [6.45, 7) is 10.3. The summed E-state index contributed by atoms with van der Waals surface area (Å²) < 4.78 is 5.20. The molecular formula is C17H28N2O2. The van der Waals surface area contributed by atoms with Crippen LogP contribution in [0.5, 0.6) is 0 Å². The monoisotopic (exact) mass is 292 g/mol. The van der Waals surface area contributed by atoms with Gasteiger partial charge >= 0.3 is 6.09 Å². The molecule has 0 radical (unpaired) electrons. The Hall–Kier alpha value is -1.71. The molecule has 0 bridgehead atoms. The lowest BCUT2D eigenvalue weighted by atomic mass is 10.1. The highest BCUT2D eigenvalue weighted by molar-refractivity contribution is 5.67. The van der Waals surface area contributed by atoms with Crippen molar-refractivity contribution in [3.8, 4) is 0 Å². The van der Waals surface area contributed by atoms with E-state index in [1.54, 1.807) is 0 Å². The first-order chi connectivity index (χ1) is 9.80. The van der Waals surface area contributed by atoms with Crippen molar-refractivity contribution in [3.05, 3.63) is 29.8 Å². The molecule has 4 heteroatoms. The van der Waals surface area contributed by atoms with Crippen LogP contribution in [0.3, 0.4) is 0 Å². The van der Waals surface area contributed by atoms with Gasteiger partial charge in [-0.15, -0.1) is 0 Å². The largest absolute Gasteiger partial charge is 0.444 e. The summed E-state index contributed by atoms with van der Waals surface area (Å²) in [6, 6.07) is 8.57. The van der Waals surface area contributed by atoms with Crippen LogP contribution >= 0.6 is 0 Å². The van der Waals surface area contributed by atoms with Crippen LogP contribution < -0.4 is 10.6 Å². The Morgan fingerprint density at radius 1 is 1.24 bits per heavy atom. The van der Waals surface area contributed by atoms with E-state index in [4.69, 9.17) is 4.74 Å². The van der Waals surface area contributed by atoms with Gasteiger partial charge < -0.3 is 15.4 Å². The van der Waals surface area contributed by atoms with Crippen molar-refractivity contribution < 1.29 is 9.53 Å². The second-order valence-electron chi connectivity index (χ2n) is 6.38. The molecule has 0 fully saturated rings. The highest BCUT2D eigenvalue weighted by Crippen LogP contribution is 2.12. The minimum Gasteiger partial charge on any atom is -0.444 e. The number of benzene rings is 1. The van der Waals surface area contributed by atoms with Gasteiger partial charge in [0.25, 0.3) is 0 Å². The first-order valence-corrected chi connectivity index (χ1v) is 7.62. The van der Waals surface area contributed by atoms with Crippen molar-refractivity contribution >= 4 is 11.8 Å². The van der Waals surface area contributed by atoms with E-state index in [1.165, 1.54) is 5.56 Å². The van der Waals surface area contributed by atoms with Crippen molar-refractivity contribution in [3.63, 3.8) is 0 Å². The number of nitrogens with one attached hydrogen (secondary N) is 2. The topological polar surface area (TPSA) is 50.4 Å². The maximum Gasteiger partial charge on any atom is 0.407 e. The molecule has 2 N–H and O–H groups in total. The van der Waals surface area contributed by atoms with E-state index in [9.17, 15) is 4.79 Å². The predicted molar refractivity (Wildman–Crippen MR) is 87.8 cm³/mol. The van der Waals surface area contributed by atoms with Crippen molar-refractivity contribution in [1.82, 2.24) is 5.32 Å². The predicted octanol–water partition coefficient (Wildman–Crippen LogP) is 3.96. The lowest BCUT2D eigenvalue weighted by molar-refractivity contribution is 0.0526. The van der Waals surface area contributed by atoms with Crippen molar-refractivity contribution in [2.45, 2.75) is 59.1 Å². The number of hydrogen-bond acceptors (Lipinski definition) is 3. The molecule has 0 saturated carbocycles. The summed E-state index contributed by atoms with van der Waals surface area (Å²) >= 11 is 0. The number of ether oxygens (including phenoxy) is 1. The Morgan fingerprint density at radius 2 is 1.86 bits per heavy atom. The number of alkyl carbamates (subject to hydrolysis) is 1. The molecule has 0 aromatic heterocycles. The number of rotatable bonds is 6. The zero-order valence-corrected chi connectivity index (χ0v) is 13.8. The number of amides is 1. The van der Waals surface area contributed by atoms with Gasteiger partial charge in [-0.3, -0.25) is 0 Å². The minimum absolute atomic E-state index is 0.134. The third kappa shape index (κ3) is 7.59. The fourth-order valence-corrected chi connectivity index (χ4v) is 1.94. The van der Waals surface area contributed by atoms with Gasteiger partial charge in [0.1, 0.15) is 5.60 Å². The molecule has 0 spiro atoms. The maximum absolute atomic E-state index is 11.6. The van der Waals surface area contributed by atoms with Gasteiger partial charge in [-0.2, -0.15) is 0 Å². The highest BCUT2D eigenvalue weighted by Gasteiger charge is 2.16. The average Bonchev–Trinajstić information content (AvgIpc) is 2.37. The smallest absolute Gasteiger partial charge is 0.407 e. The van der Waals surface area contributed by atoms with Gasteiger partial charge in [0, 0.05) is 18.3 Å². The quantitative estimate of drug-likeness (QED) is 0.834. The second kappa shape index (κ2) is 7.91. The van der Waals surface area contributed by atoms with Crippen LogP contribution in [0.1, 0.15) is 46.6 Å². The molecule has 1 aromatic carbocycles. The first kappa shape index (κ1) is 17.3. The number of carbonyl (C=O) groups excluding carboxylic acids is 1. The van der Waals surface area contributed by atoms with Crippen LogP contribution in [-0.4, -0.2) is 24.3 Å². The van der Waals surface area contributed by atoms with E-state index in [2.05, 4.69) is 41.8 Å². The summed E-state index contributed by atoms with van der Waals surface area (Å²) in [4.78, 5) is 11.6. The summed E-state index contributed by atoms with van der Waals surface area (Å²) in [5.74, 6) is 0. The van der Waals surface area contributed by atoms with Gasteiger partial charge in [-0.25, -0.2) is 4.79 Å². The van der Waals surface area contributed by atoms with Gasteiger partial charge in [0.05, 0.1) is 0 Å². The molecule has 21 heavy (non-hydrogen) atoms. The Kier molecular flexibility index (Phi) is 6.53. The molecule has 1 amide bonds. The molecule has 1 rings (SSSR count). The van der Waals surface area contributed by atoms with Crippen LogP contribution in [-0.2, 0) is 11.2 Å². The third-order valence-corrected chi connectivity index (χ3v) is 2.86. The molecule has 0 aliphatic heterocycles. The molecule has 1 atom stereocenters. The fourth-order valence-electron chi connectivity index (χ4n) is 1.94. The standard InChI is InChI=1S/C17H28N2O2/c1-6-7-14-8-10-15(11-9-14)19-13(2)12-18-16(20)21-17(3,4)5/h8-11,13,19H,6-7,12H2,1-5H3,(H,18,20). The molecule has 0 aliphatic carbocycles. The Labute approximate surface area is 128 Å².